The highest BCUT2D eigenvalue weighted by atomic mass is 16.5. The van der Waals surface area contributed by atoms with Crippen molar-refractivity contribution < 1.29 is 14.3 Å². The number of amides is 1. The number of ether oxygens (including phenoxy) is 1. The van der Waals surface area contributed by atoms with Crippen molar-refractivity contribution in [3.8, 4) is 5.75 Å². The SMILES string of the molecule is COc1ccc(C(=O)C2CCN(C3CCN(CC4=Nc5ccccc(=O)c5C4)C3=O)CC2)cc1. The molecule has 1 atom stereocenters. The molecule has 0 saturated carbocycles. The fraction of sp³-hybridized carbons (Fsp3) is 0.407. The Balaban J connectivity index is 1.16. The number of hydrogen-bond acceptors (Lipinski definition) is 6. The third-order valence-electron chi connectivity index (χ3n) is 7.24. The number of fused-ring (bicyclic) bond motifs is 1. The fourth-order valence-corrected chi connectivity index (χ4v) is 5.31. The molecule has 1 amide bonds. The van der Waals surface area contributed by atoms with Gasteiger partial charge in [0, 0.05) is 35.7 Å². The molecule has 7 heteroatoms. The largest absolute Gasteiger partial charge is 0.497 e. The summed E-state index contributed by atoms with van der Waals surface area (Å²) in [6.07, 6.45) is 2.83. The van der Waals surface area contributed by atoms with Gasteiger partial charge in [0.25, 0.3) is 0 Å². The number of Topliss-reactive ketones (excluding diaryl/α,β-unsaturated/α-hetero) is 1. The third kappa shape index (κ3) is 4.40. The average Bonchev–Trinajstić information content (AvgIpc) is 3.39. The highest BCUT2D eigenvalue weighted by Crippen LogP contribution is 2.28. The minimum Gasteiger partial charge on any atom is -0.497 e. The van der Waals surface area contributed by atoms with E-state index in [0.29, 0.717) is 25.1 Å². The topological polar surface area (TPSA) is 79.3 Å². The molecule has 2 aromatic carbocycles. The highest BCUT2D eigenvalue weighted by molar-refractivity contribution is 5.99. The number of carbonyl (C=O) groups is 2. The number of benzene rings is 1. The molecule has 3 heterocycles. The Bertz CT molecular complexity index is 1180. The second-order valence-corrected chi connectivity index (χ2v) is 9.27. The lowest BCUT2D eigenvalue weighted by Gasteiger charge is -2.34. The van der Waals surface area contributed by atoms with E-state index < -0.39 is 0 Å². The van der Waals surface area contributed by atoms with E-state index in [-0.39, 0.29) is 29.1 Å². The number of rotatable bonds is 6. The van der Waals surface area contributed by atoms with Gasteiger partial charge in [0.15, 0.2) is 11.2 Å². The standard InChI is InChI=1S/C27H29N3O4/c1-34-21-8-6-18(7-9-21)26(32)19-10-13-29(14-11-19)24-12-15-30(27(24)33)17-20-16-22-23(28-20)4-2-3-5-25(22)31/h2-9,19,24H,10-17H2,1H3. The van der Waals surface area contributed by atoms with Gasteiger partial charge in [0.05, 0.1) is 25.4 Å². The van der Waals surface area contributed by atoms with Gasteiger partial charge >= 0.3 is 0 Å². The molecule has 7 nitrogen and oxygen atoms in total. The second-order valence-electron chi connectivity index (χ2n) is 9.27. The number of aliphatic imine (C=N–C) groups is 1. The summed E-state index contributed by atoms with van der Waals surface area (Å²) in [7, 11) is 1.61. The maximum atomic E-state index is 13.2. The van der Waals surface area contributed by atoms with Crippen LogP contribution in [0.2, 0.25) is 0 Å². The molecule has 34 heavy (non-hydrogen) atoms. The molecule has 3 aliphatic rings. The Morgan fingerprint density at radius 2 is 1.74 bits per heavy atom. The molecule has 0 radical (unpaired) electrons. The summed E-state index contributed by atoms with van der Waals surface area (Å²) in [6.45, 7) is 2.67. The Hall–Kier alpha value is -3.32. The molecule has 5 rings (SSSR count). The van der Waals surface area contributed by atoms with E-state index in [4.69, 9.17) is 4.74 Å². The van der Waals surface area contributed by atoms with Gasteiger partial charge in [0.1, 0.15) is 5.75 Å². The summed E-state index contributed by atoms with van der Waals surface area (Å²) in [4.78, 5) is 47.0. The first-order valence-electron chi connectivity index (χ1n) is 11.9. The minimum atomic E-state index is -0.130. The smallest absolute Gasteiger partial charge is 0.240 e. The van der Waals surface area contributed by atoms with Crippen molar-refractivity contribution in [2.75, 3.05) is 33.3 Å². The van der Waals surface area contributed by atoms with Crippen molar-refractivity contribution in [1.29, 1.82) is 0 Å². The Kier molecular flexibility index (Phi) is 6.28. The van der Waals surface area contributed by atoms with Gasteiger partial charge < -0.3 is 9.64 Å². The zero-order valence-electron chi connectivity index (χ0n) is 19.4. The van der Waals surface area contributed by atoms with Crippen molar-refractivity contribution in [1.82, 2.24) is 9.80 Å². The lowest BCUT2D eigenvalue weighted by molar-refractivity contribution is -0.131. The van der Waals surface area contributed by atoms with Crippen LogP contribution in [0, 0.1) is 5.92 Å². The van der Waals surface area contributed by atoms with Crippen LogP contribution in [0.5, 0.6) is 5.75 Å². The summed E-state index contributed by atoms with van der Waals surface area (Å²) < 4.78 is 5.18. The second kappa shape index (κ2) is 9.50. The van der Waals surface area contributed by atoms with Crippen molar-refractivity contribution in [3.05, 3.63) is 69.9 Å². The van der Waals surface area contributed by atoms with E-state index in [9.17, 15) is 14.4 Å². The quantitative estimate of drug-likeness (QED) is 0.621. The van der Waals surface area contributed by atoms with Gasteiger partial charge in [0.2, 0.25) is 5.91 Å². The van der Waals surface area contributed by atoms with Crippen molar-refractivity contribution in [3.63, 3.8) is 0 Å². The first-order valence-corrected chi connectivity index (χ1v) is 11.9. The molecule has 2 saturated heterocycles. The van der Waals surface area contributed by atoms with Crippen molar-refractivity contribution in [2.24, 2.45) is 10.9 Å². The average molecular weight is 460 g/mol. The highest BCUT2D eigenvalue weighted by Gasteiger charge is 2.39. The van der Waals surface area contributed by atoms with Crippen LogP contribution in [-0.4, -0.2) is 66.5 Å². The maximum Gasteiger partial charge on any atom is 0.240 e. The predicted octanol–water partition coefficient (Wildman–Crippen LogP) is 2.88. The zero-order valence-corrected chi connectivity index (χ0v) is 19.4. The van der Waals surface area contributed by atoms with E-state index in [2.05, 4.69) is 9.89 Å². The molecule has 0 aliphatic carbocycles. The molecule has 3 aliphatic heterocycles. The Morgan fingerprint density at radius 1 is 1.00 bits per heavy atom. The number of methoxy groups -OCH3 is 1. The van der Waals surface area contributed by atoms with Crippen LogP contribution in [0.1, 0.15) is 35.2 Å². The van der Waals surface area contributed by atoms with Crippen LogP contribution >= 0.6 is 0 Å². The van der Waals surface area contributed by atoms with Gasteiger partial charge in [-0.3, -0.25) is 24.3 Å². The maximum absolute atomic E-state index is 13.2. The van der Waals surface area contributed by atoms with Gasteiger partial charge in [-0.05, 0) is 68.8 Å². The molecule has 0 bridgehead atoms. The van der Waals surface area contributed by atoms with Crippen molar-refractivity contribution in [2.45, 2.75) is 31.7 Å². The van der Waals surface area contributed by atoms with Gasteiger partial charge in [-0.1, -0.05) is 12.1 Å². The van der Waals surface area contributed by atoms with E-state index in [1.54, 1.807) is 19.2 Å². The molecule has 0 N–H and O–H groups in total. The molecule has 2 aromatic rings. The first kappa shape index (κ1) is 22.5. The predicted molar refractivity (Wildman–Crippen MR) is 130 cm³/mol. The fourth-order valence-electron chi connectivity index (χ4n) is 5.31. The number of hydrogen-bond donors (Lipinski definition) is 0. The zero-order chi connectivity index (χ0) is 23.7. The van der Waals surface area contributed by atoms with E-state index in [1.165, 1.54) is 0 Å². The van der Waals surface area contributed by atoms with E-state index in [1.807, 2.05) is 41.3 Å². The first-order chi connectivity index (χ1) is 16.5. The van der Waals surface area contributed by atoms with Crippen LogP contribution in [0.4, 0.5) is 5.69 Å². The molecule has 0 spiro atoms. The van der Waals surface area contributed by atoms with Crippen molar-refractivity contribution >= 4 is 23.1 Å². The molecule has 2 fully saturated rings. The normalized spacial score (nSPS) is 20.9. The Morgan fingerprint density at radius 3 is 2.47 bits per heavy atom. The summed E-state index contributed by atoms with van der Waals surface area (Å²) in [6, 6.07) is 14.1. The number of ketones is 1. The Labute approximate surface area is 199 Å². The van der Waals surface area contributed by atoms with Crippen LogP contribution < -0.4 is 10.2 Å². The molecular formula is C27H29N3O4. The van der Waals surface area contributed by atoms with Crippen LogP contribution in [0.25, 0.3) is 0 Å². The number of carbonyl (C=O) groups excluding carboxylic acids is 2. The van der Waals surface area contributed by atoms with E-state index >= 15 is 0 Å². The third-order valence-corrected chi connectivity index (χ3v) is 7.24. The monoisotopic (exact) mass is 459 g/mol. The number of nitrogens with zero attached hydrogens (tertiary/aromatic N) is 3. The molecule has 1 unspecified atom stereocenters. The van der Waals surface area contributed by atoms with Gasteiger partial charge in [-0.25, -0.2) is 0 Å². The lowest BCUT2D eigenvalue weighted by atomic mass is 9.88. The van der Waals surface area contributed by atoms with E-state index in [0.717, 1.165) is 55.1 Å². The van der Waals surface area contributed by atoms with Crippen LogP contribution in [-0.2, 0) is 11.2 Å². The summed E-state index contributed by atoms with van der Waals surface area (Å²) in [5.41, 5.74) is 3.02. The number of piperidine rings is 1. The van der Waals surface area contributed by atoms with Crippen LogP contribution in [0.15, 0.2) is 58.3 Å². The lowest BCUT2D eigenvalue weighted by Crippen LogP contribution is -2.47. The molecular weight excluding hydrogens is 430 g/mol. The van der Waals surface area contributed by atoms with Crippen LogP contribution in [0.3, 0.4) is 0 Å². The number of likely N-dealkylation sites (tertiary alicyclic amines) is 2. The summed E-state index contributed by atoms with van der Waals surface area (Å²) in [5, 5.41) is 0. The minimum absolute atomic E-state index is 0.00330. The summed E-state index contributed by atoms with van der Waals surface area (Å²) in [5.74, 6) is 1.04. The summed E-state index contributed by atoms with van der Waals surface area (Å²) >= 11 is 0. The van der Waals surface area contributed by atoms with Gasteiger partial charge in [-0.2, -0.15) is 0 Å². The van der Waals surface area contributed by atoms with Gasteiger partial charge in [-0.15, -0.1) is 0 Å². The molecule has 0 aromatic heterocycles. The molecule has 176 valence electrons.